The van der Waals surface area contributed by atoms with Gasteiger partial charge in [-0.2, -0.15) is 0 Å². The first-order chi connectivity index (χ1) is 9.92. The largest absolute Gasteiger partial charge is 0.361 e. The molecule has 1 aromatic heterocycles. The van der Waals surface area contributed by atoms with Crippen LogP contribution >= 0.6 is 0 Å². The average molecular weight is 262 g/mol. The lowest BCUT2D eigenvalue weighted by Gasteiger charge is -2.18. The standard InChI is InChI=1S/C18H18N2/c1-2-4-16-15(3-1)12-19-9-8-17(16)13-5-6-18-14(11-13)7-10-20-18/h1-7,10-11,17,19-20H,8-9,12H2/t17-/m1/s1. The molecule has 1 aliphatic heterocycles. The summed E-state index contributed by atoms with van der Waals surface area (Å²) in [6.45, 7) is 2.06. The van der Waals surface area contributed by atoms with E-state index in [4.69, 9.17) is 0 Å². The molecule has 2 nitrogen and oxygen atoms in total. The molecule has 20 heavy (non-hydrogen) atoms. The number of benzene rings is 2. The number of rotatable bonds is 1. The van der Waals surface area contributed by atoms with Crippen molar-refractivity contribution >= 4 is 10.9 Å². The predicted octanol–water partition coefficient (Wildman–Crippen LogP) is 3.79. The van der Waals surface area contributed by atoms with Gasteiger partial charge in [-0.3, -0.25) is 0 Å². The maximum absolute atomic E-state index is 3.53. The monoisotopic (exact) mass is 262 g/mol. The highest BCUT2D eigenvalue weighted by molar-refractivity contribution is 5.80. The van der Waals surface area contributed by atoms with Gasteiger partial charge in [-0.05, 0) is 53.2 Å². The van der Waals surface area contributed by atoms with Crippen molar-refractivity contribution < 1.29 is 0 Å². The van der Waals surface area contributed by atoms with E-state index in [0.29, 0.717) is 5.92 Å². The summed E-state index contributed by atoms with van der Waals surface area (Å²) in [6, 6.07) is 17.8. The summed E-state index contributed by atoms with van der Waals surface area (Å²) in [5, 5.41) is 4.83. The second-order valence-electron chi connectivity index (χ2n) is 5.54. The van der Waals surface area contributed by atoms with Crippen molar-refractivity contribution in [2.24, 2.45) is 0 Å². The van der Waals surface area contributed by atoms with Crippen LogP contribution < -0.4 is 5.32 Å². The maximum atomic E-state index is 3.53. The minimum Gasteiger partial charge on any atom is -0.361 e. The van der Waals surface area contributed by atoms with Crippen LogP contribution in [0.4, 0.5) is 0 Å². The van der Waals surface area contributed by atoms with Gasteiger partial charge < -0.3 is 10.3 Å². The van der Waals surface area contributed by atoms with Crippen molar-refractivity contribution in [1.82, 2.24) is 10.3 Å². The number of aromatic nitrogens is 1. The van der Waals surface area contributed by atoms with E-state index < -0.39 is 0 Å². The summed E-state index contributed by atoms with van der Waals surface area (Å²) in [6.07, 6.45) is 3.17. The molecule has 0 spiro atoms. The summed E-state index contributed by atoms with van der Waals surface area (Å²) in [5.74, 6) is 0.500. The van der Waals surface area contributed by atoms with Gasteiger partial charge in [0.15, 0.2) is 0 Å². The van der Waals surface area contributed by atoms with Gasteiger partial charge in [0.2, 0.25) is 0 Å². The van der Waals surface area contributed by atoms with Crippen LogP contribution in [0.3, 0.4) is 0 Å². The molecule has 3 aromatic rings. The fraction of sp³-hybridized carbons (Fsp3) is 0.222. The number of nitrogens with one attached hydrogen (secondary N) is 2. The Morgan fingerprint density at radius 3 is 2.95 bits per heavy atom. The van der Waals surface area contributed by atoms with Gasteiger partial charge in [0.1, 0.15) is 0 Å². The van der Waals surface area contributed by atoms with Crippen LogP contribution in [0.1, 0.15) is 29.0 Å². The first-order valence-corrected chi connectivity index (χ1v) is 7.27. The number of aromatic amines is 1. The molecule has 0 radical (unpaired) electrons. The third-order valence-corrected chi connectivity index (χ3v) is 4.34. The third kappa shape index (κ3) is 1.93. The summed E-state index contributed by atoms with van der Waals surface area (Å²) in [5.41, 5.74) is 5.55. The zero-order chi connectivity index (χ0) is 13.4. The van der Waals surface area contributed by atoms with E-state index in [1.54, 1.807) is 0 Å². The molecule has 0 unspecified atom stereocenters. The van der Waals surface area contributed by atoms with Crippen molar-refractivity contribution in [3.05, 3.63) is 71.4 Å². The molecule has 1 atom stereocenters. The van der Waals surface area contributed by atoms with E-state index in [1.165, 1.54) is 27.6 Å². The van der Waals surface area contributed by atoms with E-state index in [2.05, 4.69) is 58.8 Å². The molecule has 0 aliphatic carbocycles. The van der Waals surface area contributed by atoms with E-state index >= 15 is 0 Å². The Hall–Kier alpha value is -2.06. The van der Waals surface area contributed by atoms with Crippen LogP contribution in [0, 0.1) is 0 Å². The summed E-state index contributed by atoms with van der Waals surface area (Å²) in [4.78, 5) is 3.27. The second-order valence-corrected chi connectivity index (χ2v) is 5.54. The number of hydrogen-bond donors (Lipinski definition) is 2. The van der Waals surface area contributed by atoms with E-state index in [-0.39, 0.29) is 0 Å². The molecule has 2 heteroatoms. The molecule has 4 rings (SSSR count). The molecule has 0 amide bonds. The smallest absolute Gasteiger partial charge is 0.0454 e. The maximum Gasteiger partial charge on any atom is 0.0454 e. The highest BCUT2D eigenvalue weighted by Gasteiger charge is 2.19. The molecule has 1 aliphatic rings. The Bertz CT molecular complexity index is 742. The van der Waals surface area contributed by atoms with Gasteiger partial charge in [-0.15, -0.1) is 0 Å². The number of hydrogen-bond acceptors (Lipinski definition) is 1. The lowest BCUT2D eigenvalue weighted by molar-refractivity contribution is 0.647. The van der Waals surface area contributed by atoms with Gasteiger partial charge >= 0.3 is 0 Å². The van der Waals surface area contributed by atoms with Gasteiger partial charge in [-0.25, -0.2) is 0 Å². The lowest BCUT2D eigenvalue weighted by Crippen LogP contribution is -2.12. The Labute approximate surface area is 118 Å². The third-order valence-electron chi connectivity index (χ3n) is 4.34. The zero-order valence-corrected chi connectivity index (χ0v) is 11.4. The average Bonchev–Trinajstić information content (AvgIpc) is 2.85. The molecule has 0 saturated heterocycles. The Balaban J connectivity index is 1.84. The van der Waals surface area contributed by atoms with Gasteiger partial charge in [-0.1, -0.05) is 30.3 Å². The number of H-pyrrole nitrogens is 1. The molecule has 0 saturated carbocycles. The molecule has 100 valence electrons. The first kappa shape index (κ1) is 11.7. The quantitative estimate of drug-likeness (QED) is 0.686. The van der Waals surface area contributed by atoms with Crippen LogP contribution in [0.5, 0.6) is 0 Å². The fourth-order valence-electron chi connectivity index (χ4n) is 3.29. The Kier molecular flexibility index (Phi) is 2.82. The zero-order valence-electron chi connectivity index (χ0n) is 11.4. The topological polar surface area (TPSA) is 27.8 Å². The van der Waals surface area contributed by atoms with Crippen LogP contribution in [-0.2, 0) is 6.54 Å². The van der Waals surface area contributed by atoms with Gasteiger partial charge in [0.05, 0.1) is 0 Å². The lowest BCUT2D eigenvalue weighted by atomic mass is 9.86. The molecule has 0 bridgehead atoms. The Morgan fingerprint density at radius 2 is 1.95 bits per heavy atom. The van der Waals surface area contributed by atoms with Gasteiger partial charge in [0.25, 0.3) is 0 Å². The van der Waals surface area contributed by atoms with Crippen molar-refractivity contribution in [3.63, 3.8) is 0 Å². The Morgan fingerprint density at radius 1 is 1.00 bits per heavy atom. The van der Waals surface area contributed by atoms with E-state index in [9.17, 15) is 0 Å². The van der Waals surface area contributed by atoms with Crippen molar-refractivity contribution in [2.75, 3.05) is 6.54 Å². The van der Waals surface area contributed by atoms with E-state index in [1.807, 2.05) is 6.20 Å². The summed E-state index contributed by atoms with van der Waals surface area (Å²) >= 11 is 0. The first-order valence-electron chi connectivity index (χ1n) is 7.27. The molecular weight excluding hydrogens is 244 g/mol. The minimum atomic E-state index is 0.500. The molecule has 2 aromatic carbocycles. The minimum absolute atomic E-state index is 0.500. The molecule has 0 fully saturated rings. The molecule has 2 heterocycles. The summed E-state index contributed by atoms with van der Waals surface area (Å²) < 4.78 is 0. The molecule has 2 N–H and O–H groups in total. The second kappa shape index (κ2) is 4.80. The van der Waals surface area contributed by atoms with Crippen molar-refractivity contribution in [3.8, 4) is 0 Å². The van der Waals surface area contributed by atoms with Crippen LogP contribution in [0.25, 0.3) is 10.9 Å². The highest BCUT2D eigenvalue weighted by Crippen LogP contribution is 2.33. The van der Waals surface area contributed by atoms with E-state index in [0.717, 1.165) is 19.5 Å². The van der Waals surface area contributed by atoms with Gasteiger partial charge in [0, 0.05) is 24.2 Å². The van der Waals surface area contributed by atoms with Crippen LogP contribution in [0.2, 0.25) is 0 Å². The highest BCUT2D eigenvalue weighted by atomic mass is 14.9. The van der Waals surface area contributed by atoms with Crippen molar-refractivity contribution in [1.29, 1.82) is 0 Å². The predicted molar refractivity (Wildman–Crippen MR) is 82.9 cm³/mol. The molecular formula is C18H18N2. The SMILES string of the molecule is c1ccc2c(c1)CNCC[C@@H]2c1ccc2[nH]ccc2c1. The van der Waals surface area contributed by atoms with Crippen LogP contribution in [-0.4, -0.2) is 11.5 Å². The normalized spacial score (nSPS) is 18.7. The number of fused-ring (bicyclic) bond motifs is 2. The fourth-order valence-corrected chi connectivity index (χ4v) is 3.29. The summed E-state index contributed by atoms with van der Waals surface area (Å²) in [7, 11) is 0. The van der Waals surface area contributed by atoms with Crippen molar-refractivity contribution in [2.45, 2.75) is 18.9 Å². The van der Waals surface area contributed by atoms with Crippen LogP contribution in [0.15, 0.2) is 54.7 Å².